The molecule has 0 saturated heterocycles. The molecule has 0 fully saturated rings. The number of unbranched alkanes of at least 4 members (excludes halogenated alkanes) is 3. The summed E-state index contributed by atoms with van der Waals surface area (Å²) < 4.78 is 11.0. The second-order valence-electron chi connectivity index (χ2n) is 5.70. The van der Waals surface area contributed by atoms with Crippen LogP contribution in [-0.4, -0.2) is 38.1 Å². The number of carbonyl (C=O) groups is 1. The molecule has 3 nitrogen and oxygen atoms in total. The first-order valence-electron chi connectivity index (χ1n) is 8.52. The molecule has 0 aromatic heterocycles. The van der Waals surface area contributed by atoms with Crippen molar-refractivity contribution in [1.29, 1.82) is 0 Å². The van der Waals surface area contributed by atoms with E-state index in [2.05, 4.69) is 6.92 Å². The molecule has 0 amide bonds. The van der Waals surface area contributed by atoms with Gasteiger partial charge in [-0.05, 0) is 44.6 Å². The van der Waals surface area contributed by atoms with Crippen molar-refractivity contribution >= 4 is 49.9 Å². The van der Waals surface area contributed by atoms with E-state index in [0.717, 1.165) is 24.1 Å². The van der Waals surface area contributed by atoms with Crippen molar-refractivity contribution in [3.8, 4) is 11.5 Å². The first-order chi connectivity index (χ1) is 12.2. The number of benzene rings is 2. The number of methoxy groups -OCH3 is 1. The Hall–Kier alpha value is -0.973. The van der Waals surface area contributed by atoms with E-state index in [0.29, 0.717) is 16.3 Å². The van der Waals surface area contributed by atoms with Crippen LogP contribution in [0, 0.1) is 0 Å². The van der Waals surface area contributed by atoms with Crippen LogP contribution in [0.3, 0.4) is 0 Å². The fourth-order valence-electron chi connectivity index (χ4n) is 2.44. The fraction of sp³-hybridized carbons (Fsp3) is 0.350. The van der Waals surface area contributed by atoms with E-state index >= 15 is 0 Å². The van der Waals surface area contributed by atoms with Gasteiger partial charge < -0.3 is 9.47 Å². The summed E-state index contributed by atoms with van der Waals surface area (Å²) in [4.78, 5) is 12.6. The summed E-state index contributed by atoms with van der Waals surface area (Å²) >= 11 is 6.17. The minimum atomic E-state index is -0.0318. The van der Waals surface area contributed by atoms with Crippen LogP contribution in [0.1, 0.15) is 43.0 Å². The Morgan fingerprint density at radius 2 is 1.81 bits per heavy atom. The number of ether oxygens (including phenoxy) is 2. The van der Waals surface area contributed by atoms with Crippen LogP contribution in [0.4, 0.5) is 0 Å². The summed E-state index contributed by atoms with van der Waals surface area (Å²) in [6, 6.07) is 12.9. The molecule has 2 aromatic carbocycles. The zero-order valence-corrected chi connectivity index (χ0v) is 17.4. The Labute approximate surface area is 174 Å². The van der Waals surface area contributed by atoms with Gasteiger partial charge in [-0.15, -0.1) is 0 Å². The minimum absolute atomic E-state index is 0. The first kappa shape index (κ1) is 23.1. The van der Waals surface area contributed by atoms with Gasteiger partial charge in [0.1, 0.15) is 11.5 Å². The smallest absolute Gasteiger partial charge is 0.190 e. The summed E-state index contributed by atoms with van der Waals surface area (Å²) in [5.41, 5.74) is 0.414. The average Bonchev–Trinajstić information content (AvgIpc) is 2.62. The van der Waals surface area contributed by atoms with Gasteiger partial charge in [-0.25, -0.2) is 0 Å². The Balaban J connectivity index is 0.00000338. The van der Waals surface area contributed by atoms with Crippen molar-refractivity contribution in [2.45, 2.75) is 32.6 Å². The quantitative estimate of drug-likeness (QED) is 0.325. The summed E-state index contributed by atoms with van der Waals surface area (Å²) in [7, 11) is 1.53. The van der Waals surface area contributed by atoms with E-state index < -0.39 is 0 Å². The monoisotopic (exact) mass is 385 g/mol. The van der Waals surface area contributed by atoms with Crippen molar-refractivity contribution < 1.29 is 14.3 Å². The number of halogens is 1. The minimum Gasteiger partial charge on any atom is -0.496 e. The Kier molecular flexibility index (Phi) is 11.0. The van der Waals surface area contributed by atoms with Gasteiger partial charge >= 0.3 is 0 Å². The molecule has 0 aliphatic rings. The molecule has 0 aliphatic carbocycles. The third-order valence-corrected chi connectivity index (χ3v) is 5.22. The maximum Gasteiger partial charge on any atom is 0.190 e. The molecule has 6 heteroatoms. The molecule has 0 heterocycles. The molecular weight excluding hydrogens is 362 g/mol. The second kappa shape index (κ2) is 12.4. The molecule has 0 spiro atoms. The van der Waals surface area contributed by atoms with Gasteiger partial charge in [0.25, 0.3) is 0 Å². The van der Waals surface area contributed by atoms with Crippen molar-refractivity contribution in [3.05, 3.63) is 53.1 Å². The zero-order chi connectivity index (χ0) is 18.1. The van der Waals surface area contributed by atoms with E-state index in [9.17, 15) is 4.79 Å². The van der Waals surface area contributed by atoms with Crippen LogP contribution in [0.15, 0.2) is 42.5 Å². The summed E-state index contributed by atoms with van der Waals surface area (Å²) in [5, 5.41) is 1.37. The van der Waals surface area contributed by atoms with Crippen LogP contribution in [0.25, 0.3) is 0 Å². The maximum atomic E-state index is 12.6. The zero-order valence-electron chi connectivity index (χ0n) is 15.7. The topological polar surface area (TPSA) is 35.5 Å². The van der Waals surface area contributed by atoms with Crippen molar-refractivity contribution in [2.24, 2.45) is 0 Å². The van der Waals surface area contributed by atoms with Crippen LogP contribution in [0.2, 0.25) is 5.02 Å². The Morgan fingerprint density at radius 3 is 2.46 bits per heavy atom. The number of carbonyl (C=O) groups excluding carboxylic acids is 1. The van der Waals surface area contributed by atoms with Gasteiger partial charge in [0, 0.05) is 18.9 Å². The molecule has 0 bridgehead atoms. The molecule has 0 aliphatic heterocycles. The molecule has 26 heavy (non-hydrogen) atoms. The molecule has 2 aromatic rings. The summed E-state index contributed by atoms with van der Waals surface area (Å²) in [6.45, 7) is 2.93. The maximum absolute atomic E-state index is 12.6. The van der Waals surface area contributed by atoms with Crippen molar-refractivity contribution in [1.82, 2.24) is 0 Å². The molecule has 2 rings (SSSR count). The molecule has 1 unspecified atom stereocenters. The first-order valence-corrected chi connectivity index (χ1v) is 9.90. The summed E-state index contributed by atoms with van der Waals surface area (Å²) in [6.07, 6.45) is 4.74. The van der Waals surface area contributed by atoms with Crippen LogP contribution in [0.5, 0.6) is 11.5 Å². The normalized spacial score (nSPS) is 10.6. The van der Waals surface area contributed by atoms with Gasteiger partial charge in [0.05, 0.1) is 24.3 Å². The predicted octanol–water partition coefficient (Wildman–Crippen LogP) is 5.07. The summed E-state index contributed by atoms with van der Waals surface area (Å²) in [5.74, 6) is 1.35. The SMILES string of the molecule is CCCCCCOc1ccc(PC(=O)c2c(Cl)cccc2OC)cc1.[Li]. The molecule has 0 saturated carbocycles. The Bertz CT molecular complexity index is 692. The van der Waals surface area contributed by atoms with E-state index in [1.807, 2.05) is 24.3 Å². The third kappa shape index (κ3) is 6.97. The third-order valence-electron chi connectivity index (χ3n) is 3.80. The average molecular weight is 386 g/mol. The van der Waals surface area contributed by atoms with Crippen molar-refractivity contribution in [3.63, 3.8) is 0 Å². The number of rotatable bonds is 10. The number of hydrogen-bond acceptors (Lipinski definition) is 3. The number of hydrogen-bond donors (Lipinski definition) is 0. The Morgan fingerprint density at radius 1 is 1.08 bits per heavy atom. The van der Waals surface area contributed by atoms with E-state index in [1.54, 1.807) is 18.2 Å². The fourth-order valence-corrected chi connectivity index (χ4v) is 3.75. The van der Waals surface area contributed by atoms with E-state index in [4.69, 9.17) is 21.1 Å². The van der Waals surface area contributed by atoms with Gasteiger partial charge in [-0.2, -0.15) is 0 Å². The van der Waals surface area contributed by atoms with Gasteiger partial charge in [-0.3, -0.25) is 4.79 Å². The molecule has 0 N–H and O–H groups in total. The van der Waals surface area contributed by atoms with Gasteiger partial charge in [0.2, 0.25) is 0 Å². The largest absolute Gasteiger partial charge is 0.496 e. The van der Waals surface area contributed by atoms with Crippen LogP contribution >= 0.6 is 20.2 Å². The predicted molar refractivity (Wildman–Crippen MR) is 112 cm³/mol. The van der Waals surface area contributed by atoms with Crippen LogP contribution in [-0.2, 0) is 0 Å². The molecule has 135 valence electrons. The van der Waals surface area contributed by atoms with Crippen LogP contribution < -0.4 is 14.8 Å². The second-order valence-corrected chi connectivity index (χ2v) is 7.39. The van der Waals surface area contributed by atoms with Gasteiger partial charge in [0.15, 0.2) is 5.52 Å². The van der Waals surface area contributed by atoms with E-state index in [1.165, 1.54) is 26.4 Å². The van der Waals surface area contributed by atoms with Crippen molar-refractivity contribution in [2.75, 3.05) is 13.7 Å². The molecular formula is C20H24ClLiO3P. The molecule has 1 radical (unpaired) electrons. The molecule has 1 atom stereocenters. The van der Waals surface area contributed by atoms with Gasteiger partial charge in [-0.1, -0.05) is 56.0 Å². The van der Waals surface area contributed by atoms with E-state index in [-0.39, 0.29) is 33.0 Å². The standard InChI is InChI=1S/C20H24ClO3P.Li/c1-3-4-5-6-14-24-15-10-12-16(13-11-15)25-20(22)19-17(21)8-7-9-18(19)23-2;/h7-13,25H,3-6,14H2,1-2H3;.